The van der Waals surface area contributed by atoms with Crippen molar-refractivity contribution in [2.45, 2.75) is 0 Å². The second kappa shape index (κ2) is 6.67. The number of methoxy groups -OCH3 is 2. The smallest absolute Gasteiger partial charge is 0.335 e. The molecular formula is C17H16O5. The Kier molecular flexibility index (Phi) is 4.68. The van der Waals surface area contributed by atoms with Crippen LogP contribution in [0.5, 0.6) is 17.2 Å². The molecule has 5 heteroatoms. The van der Waals surface area contributed by atoms with Crippen molar-refractivity contribution in [3.8, 4) is 17.2 Å². The van der Waals surface area contributed by atoms with Crippen LogP contribution in [0.1, 0.15) is 21.5 Å². The Morgan fingerprint density at radius 1 is 1.00 bits per heavy atom. The number of phenolic OH excluding ortho intramolecular Hbond substituents is 1. The van der Waals surface area contributed by atoms with Crippen molar-refractivity contribution in [3.05, 3.63) is 53.1 Å². The molecule has 0 saturated heterocycles. The number of phenols is 1. The van der Waals surface area contributed by atoms with Crippen molar-refractivity contribution >= 4 is 18.1 Å². The third kappa shape index (κ3) is 3.38. The fraction of sp³-hybridized carbons (Fsp3) is 0.118. The SMILES string of the molecule is COc1cc(/C=C/c2ccc(C(=O)O)cc2)c(OC)cc1O. The van der Waals surface area contributed by atoms with Crippen LogP contribution >= 0.6 is 0 Å². The maximum Gasteiger partial charge on any atom is 0.335 e. The van der Waals surface area contributed by atoms with Gasteiger partial charge in [0, 0.05) is 11.6 Å². The number of carbonyl (C=O) groups is 1. The Morgan fingerprint density at radius 2 is 1.64 bits per heavy atom. The van der Waals surface area contributed by atoms with Crippen molar-refractivity contribution in [2.75, 3.05) is 14.2 Å². The zero-order valence-electron chi connectivity index (χ0n) is 12.2. The molecule has 0 aliphatic carbocycles. The summed E-state index contributed by atoms with van der Waals surface area (Å²) in [5, 5.41) is 18.6. The van der Waals surface area contributed by atoms with Crippen molar-refractivity contribution in [1.29, 1.82) is 0 Å². The molecule has 0 amide bonds. The Bertz CT molecular complexity index is 702. The highest BCUT2D eigenvalue weighted by Crippen LogP contribution is 2.34. The molecule has 0 atom stereocenters. The number of hydrogen-bond acceptors (Lipinski definition) is 4. The van der Waals surface area contributed by atoms with E-state index in [2.05, 4.69) is 0 Å². The van der Waals surface area contributed by atoms with Gasteiger partial charge in [-0.15, -0.1) is 0 Å². The van der Waals surface area contributed by atoms with Crippen LogP contribution in [0.15, 0.2) is 36.4 Å². The molecule has 0 fully saturated rings. The minimum Gasteiger partial charge on any atom is -0.504 e. The minimum absolute atomic E-state index is 0.00214. The molecule has 0 aromatic heterocycles. The predicted octanol–water partition coefficient (Wildman–Crippen LogP) is 3.28. The molecule has 2 aromatic rings. The number of hydrogen-bond donors (Lipinski definition) is 2. The summed E-state index contributed by atoms with van der Waals surface area (Å²) in [5.74, 6) is -0.0961. The molecule has 0 saturated carbocycles. The van der Waals surface area contributed by atoms with Crippen molar-refractivity contribution in [1.82, 2.24) is 0 Å². The second-order valence-electron chi connectivity index (χ2n) is 4.53. The Balaban J connectivity index is 2.30. The fourth-order valence-corrected chi connectivity index (χ4v) is 1.96. The largest absolute Gasteiger partial charge is 0.504 e. The number of aromatic hydroxyl groups is 1. The third-order valence-electron chi connectivity index (χ3n) is 3.14. The zero-order valence-corrected chi connectivity index (χ0v) is 12.2. The van der Waals surface area contributed by atoms with Gasteiger partial charge in [-0.3, -0.25) is 0 Å². The molecule has 0 heterocycles. The number of rotatable bonds is 5. The normalized spacial score (nSPS) is 10.6. The molecule has 2 rings (SSSR count). The molecular weight excluding hydrogens is 284 g/mol. The van der Waals surface area contributed by atoms with Gasteiger partial charge in [-0.2, -0.15) is 0 Å². The van der Waals surface area contributed by atoms with Crippen LogP contribution in [0.4, 0.5) is 0 Å². The molecule has 22 heavy (non-hydrogen) atoms. The molecule has 0 radical (unpaired) electrons. The van der Waals surface area contributed by atoms with Crippen molar-refractivity contribution < 1.29 is 24.5 Å². The standard InChI is InChI=1S/C17H16O5/c1-21-15-10-14(18)16(22-2)9-13(15)8-5-11-3-6-12(7-4-11)17(19)20/h3-10,18H,1-2H3,(H,19,20)/b8-5+. The maximum absolute atomic E-state index is 10.8. The van der Waals surface area contributed by atoms with Gasteiger partial charge in [0.2, 0.25) is 0 Å². The van der Waals surface area contributed by atoms with E-state index >= 15 is 0 Å². The van der Waals surface area contributed by atoms with Crippen LogP contribution in [0, 0.1) is 0 Å². The average Bonchev–Trinajstić information content (AvgIpc) is 2.53. The van der Waals surface area contributed by atoms with Gasteiger partial charge in [-0.25, -0.2) is 4.79 Å². The summed E-state index contributed by atoms with van der Waals surface area (Å²) in [6, 6.07) is 9.64. The molecule has 0 bridgehead atoms. The van der Waals surface area contributed by atoms with E-state index in [0.717, 1.165) is 11.1 Å². The van der Waals surface area contributed by atoms with Crippen LogP contribution in [0.3, 0.4) is 0 Å². The molecule has 5 nitrogen and oxygen atoms in total. The Hall–Kier alpha value is -2.95. The lowest BCUT2D eigenvalue weighted by Gasteiger charge is -2.09. The first-order chi connectivity index (χ1) is 10.5. The van der Waals surface area contributed by atoms with E-state index < -0.39 is 5.97 Å². The monoisotopic (exact) mass is 300 g/mol. The number of ether oxygens (including phenoxy) is 2. The molecule has 0 spiro atoms. The van der Waals surface area contributed by atoms with E-state index in [4.69, 9.17) is 14.6 Å². The number of carboxylic acids is 1. The zero-order chi connectivity index (χ0) is 16.1. The molecule has 2 N–H and O–H groups in total. The quantitative estimate of drug-likeness (QED) is 0.829. The third-order valence-corrected chi connectivity index (χ3v) is 3.14. The minimum atomic E-state index is -0.958. The van der Waals surface area contributed by atoms with Gasteiger partial charge in [0.25, 0.3) is 0 Å². The summed E-state index contributed by atoms with van der Waals surface area (Å²) in [6.07, 6.45) is 3.62. The summed E-state index contributed by atoms with van der Waals surface area (Å²) in [7, 11) is 2.99. The van der Waals surface area contributed by atoms with Gasteiger partial charge in [0.1, 0.15) is 5.75 Å². The van der Waals surface area contributed by atoms with E-state index in [0.29, 0.717) is 11.5 Å². The first kappa shape index (κ1) is 15.4. The molecule has 0 unspecified atom stereocenters. The van der Waals surface area contributed by atoms with Crippen LogP contribution < -0.4 is 9.47 Å². The first-order valence-corrected chi connectivity index (χ1v) is 6.51. The predicted molar refractivity (Wildman–Crippen MR) is 83.5 cm³/mol. The van der Waals surface area contributed by atoms with E-state index in [1.807, 2.05) is 6.08 Å². The molecule has 0 aliphatic heterocycles. The fourth-order valence-electron chi connectivity index (χ4n) is 1.96. The topological polar surface area (TPSA) is 76.0 Å². The van der Waals surface area contributed by atoms with Crippen LogP contribution in [0.25, 0.3) is 12.2 Å². The van der Waals surface area contributed by atoms with E-state index in [1.165, 1.54) is 32.4 Å². The van der Waals surface area contributed by atoms with E-state index in [9.17, 15) is 9.90 Å². The summed E-state index contributed by atoms with van der Waals surface area (Å²) in [5.41, 5.74) is 1.82. The van der Waals surface area contributed by atoms with Gasteiger partial charge >= 0.3 is 5.97 Å². The van der Waals surface area contributed by atoms with Gasteiger partial charge in [0.05, 0.1) is 19.8 Å². The Morgan fingerprint density at radius 3 is 2.18 bits per heavy atom. The molecule has 2 aromatic carbocycles. The van der Waals surface area contributed by atoms with Gasteiger partial charge in [-0.1, -0.05) is 24.3 Å². The summed E-state index contributed by atoms with van der Waals surface area (Å²) in [4.78, 5) is 10.8. The number of aromatic carboxylic acids is 1. The van der Waals surface area contributed by atoms with Crippen molar-refractivity contribution in [2.24, 2.45) is 0 Å². The number of benzene rings is 2. The first-order valence-electron chi connectivity index (χ1n) is 6.51. The van der Waals surface area contributed by atoms with Gasteiger partial charge in [0.15, 0.2) is 11.5 Å². The Labute approximate surface area is 128 Å². The molecule has 114 valence electrons. The highest BCUT2D eigenvalue weighted by Gasteiger charge is 2.08. The van der Waals surface area contributed by atoms with Gasteiger partial charge < -0.3 is 19.7 Å². The summed E-state index contributed by atoms with van der Waals surface area (Å²) >= 11 is 0. The molecule has 0 aliphatic rings. The van der Waals surface area contributed by atoms with E-state index in [-0.39, 0.29) is 11.3 Å². The van der Waals surface area contributed by atoms with Gasteiger partial charge in [-0.05, 0) is 23.8 Å². The van der Waals surface area contributed by atoms with Crippen LogP contribution in [0.2, 0.25) is 0 Å². The van der Waals surface area contributed by atoms with Crippen LogP contribution in [-0.4, -0.2) is 30.4 Å². The second-order valence-corrected chi connectivity index (χ2v) is 4.53. The van der Waals surface area contributed by atoms with E-state index in [1.54, 1.807) is 24.3 Å². The number of carboxylic acid groups (broad SMARTS) is 1. The summed E-state index contributed by atoms with van der Waals surface area (Å²) < 4.78 is 10.3. The highest BCUT2D eigenvalue weighted by atomic mass is 16.5. The lowest BCUT2D eigenvalue weighted by Crippen LogP contribution is -1.94. The average molecular weight is 300 g/mol. The lowest BCUT2D eigenvalue weighted by molar-refractivity contribution is 0.0697. The maximum atomic E-state index is 10.8. The highest BCUT2D eigenvalue weighted by molar-refractivity contribution is 5.88. The van der Waals surface area contributed by atoms with Crippen LogP contribution in [-0.2, 0) is 0 Å². The summed E-state index contributed by atoms with van der Waals surface area (Å²) in [6.45, 7) is 0. The lowest BCUT2D eigenvalue weighted by atomic mass is 10.1. The van der Waals surface area contributed by atoms with Crippen molar-refractivity contribution in [3.63, 3.8) is 0 Å².